The molecule has 1 saturated heterocycles. The van der Waals surface area contributed by atoms with Crippen molar-refractivity contribution in [3.63, 3.8) is 0 Å². The lowest BCUT2D eigenvalue weighted by Crippen LogP contribution is -2.35. The molecule has 11 heteroatoms. The Bertz CT molecular complexity index is 1260. The van der Waals surface area contributed by atoms with Crippen LogP contribution in [-0.2, 0) is 9.53 Å². The number of likely N-dealkylation sites (tertiary alicyclic amines) is 1. The molecule has 1 saturated carbocycles. The van der Waals surface area contributed by atoms with Crippen LogP contribution in [-0.4, -0.2) is 66.6 Å². The summed E-state index contributed by atoms with van der Waals surface area (Å²) >= 11 is 0. The zero-order valence-electron chi connectivity index (χ0n) is 26.0. The van der Waals surface area contributed by atoms with Crippen LogP contribution in [0.15, 0.2) is 36.4 Å². The van der Waals surface area contributed by atoms with Gasteiger partial charge in [-0.15, -0.1) is 13.2 Å². The Hall–Kier alpha value is -2.63. The summed E-state index contributed by atoms with van der Waals surface area (Å²) in [5, 5.41) is 10.4. The number of nitrogens with zero attached hydrogens (tertiary/aromatic N) is 2. The van der Waals surface area contributed by atoms with E-state index in [0.29, 0.717) is 37.8 Å². The quantitative estimate of drug-likeness (QED) is 0.222. The van der Waals surface area contributed by atoms with Crippen LogP contribution in [0.1, 0.15) is 110 Å². The highest BCUT2D eigenvalue weighted by atomic mass is 19.4. The fourth-order valence-electron chi connectivity index (χ4n) is 7.19. The number of aryl methyl sites for hydroxylation is 1. The van der Waals surface area contributed by atoms with Crippen LogP contribution in [0.5, 0.6) is 0 Å². The minimum atomic E-state index is -4.70. The number of carbonyl (C=O) groups is 1. The van der Waals surface area contributed by atoms with Crippen LogP contribution in [0.4, 0.5) is 26.3 Å². The number of halogens is 6. The molecule has 5 nitrogen and oxygen atoms in total. The van der Waals surface area contributed by atoms with Crippen LogP contribution in [0.25, 0.3) is 0 Å². The third-order valence-electron chi connectivity index (χ3n) is 9.49. The number of carboxylic acid groups (broad SMARTS) is 1. The Kier molecular flexibility index (Phi) is 12.4. The minimum absolute atomic E-state index is 0.118. The normalized spacial score (nSPS) is 21.3. The first-order valence-electron chi connectivity index (χ1n) is 15.9. The van der Waals surface area contributed by atoms with Crippen molar-refractivity contribution in [3.05, 3.63) is 70.0 Å². The largest absolute Gasteiger partial charge is 0.522 e. The molecule has 2 atom stereocenters. The highest BCUT2D eigenvalue weighted by Gasteiger charge is 2.37. The summed E-state index contributed by atoms with van der Waals surface area (Å²) < 4.78 is 84.8. The van der Waals surface area contributed by atoms with Crippen LogP contribution in [0.2, 0.25) is 0 Å². The molecule has 2 fully saturated rings. The second-order valence-electron chi connectivity index (χ2n) is 12.6. The lowest BCUT2D eigenvalue weighted by atomic mass is 9.77. The second-order valence-corrected chi connectivity index (χ2v) is 12.6. The molecule has 45 heavy (non-hydrogen) atoms. The molecule has 0 spiro atoms. The monoisotopic (exact) mass is 642 g/mol. The Morgan fingerprint density at radius 1 is 1.02 bits per heavy atom. The van der Waals surface area contributed by atoms with Crippen molar-refractivity contribution < 1.29 is 41.0 Å². The molecule has 0 radical (unpaired) electrons. The number of piperidine rings is 1. The fourth-order valence-corrected chi connectivity index (χ4v) is 7.19. The van der Waals surface area contributed by atoms with Gasteiger partial charge in [0.2, 0.25) is 0 Å². The molecule has 0 unspecified atom stereocenters. The second kappa shape index (κ2) is 15.8. The average Bonchev–Trinajstić information content (AvgIpc) is 2.98. The van der Waals surface area contributed by atoms with E-state index in [0.717, 1.165) is 55.6 Å². The van der Waals surface area contributed by atoms with Gasteiger partial charge in [0.15, 0.2) is 0 Å². The maximum absolute atomic E-state index is 15.1. The fraction of sp³-hybridized carbons (Fsp3) is 0.618. The summed E-state index contributed by atoms with van der Waals surface area (Å²) in [5.41, 5.74) is 2.27. The number of benzene rings is 2. The number of hydrogen-bond acceptors (Lipinski definition) is 4. The van der Waals surface area contributed by atoms with Crippen molar-refractivity contribution in [2.24, 2.45) is 0 Å². The minimum Gasteiger partial charge on any atom is -0.480 e. The van der Waals surface area contributed by atoms with Gasteiger partial charge in [-0.25, -0.2) is 13.2 Å². The number of carboxylic acids is 1. The van der Waals surface area contributed by atoms with Crippen molar-refractivity contribution in [1.82, 2.24) is 9.80 Å². The van der Waals surface area contributed by atoms with E-state index in [2.05, 4.69) is 9.64 Å². The Labute approximate surface area is 261 Å². The zero-order valence-corrected chi connectivity index (χ0v) is 26.0. The van der Waals surface area contributed by atoms with Crippen molar-refractivity contribution in [2.75, 3.05) is 33.2 Å². The lowest BCUT2D eigenvalue weighted by Gasteiger charge is -2.34. The average molecular weight is 643 g/mol. The molecule has 1 heterocycles. The first-order chi connectivity index (χ1) is 21.3. The molecule has 4 rings (SSSR count). The van der Waals surface area contributed by atoms with Gasteiger partial charge in [0.1, 0.15) is 11.9 Å². The molecule has 2 aromatic rings. The third-order valence-corrected chi connectivity index (χ3v) is 9.49. The van der Waals surface area contributed by atoms with E-state index >= 15 is 4.39 Å². The van der Waals surface area contributed by atoms with Gasteiger partial charge in [-0.3, -0.25) is 14.4 Å². The van der Waals surface area contributed by atoms with Crippen molar-refractivity contribution >= 4 is 5.97 Å². The Morgan fingerprint density at radius 2 is 1.71 bits per heavy atom. The molecule has 1 aliphatic carbocycles. The van der Waals surface area contributed by atoms with E-state index in [1.54, 1.807) is 24.1 Å². The number of likely N-dealkylation sites (N-methyl/N-ethyl adjacent to an activating group) is 1. The standard InChI is InChI=1S/C34H44F6N2O3/c1-22-7-6-8-27(30(22)24-9-12-26(13-10-24)45-34(38,39)40)31(33(43)44)41(2)19-15-23(16-20-42-17-4-3-5-18-42)28-21-25(32(36)37)11-14-29(28)35/h6-8,11,14,21,23-24,26,31-32H,3-5,9-10,12-13,15-20H2,1-2H3,(H,43,44)/t23-,24?,26?,31+/m1/s1. The molecular formula is C34H44F6N2O3. The van der Waals surface area contributed by atoms with Gasteiger partial charge < -0.3 is 10.0 Å². The SMILES string of the molecule is Cc1cccc([C@@H](C(=O)O)N(C)CC[C@H](CCN2CCCCC2)c2cc(C(F)F)ccc2F)c1C1CCC(OC(F)(F)F)CC1. The van der Waals surface area contributed by atoms with E-state index in [9.17, 15) is 31.9 Å². The van der Waals surface area contributed by atoms with Gasteiger partial charge in [-0.2, -0.15) is 0 Å². The molecule has 0 amide bonds. The van der Waals surface area contributed by atoms with E-state index in [1.807, 2.05) is 13.0 Å². The summed E-state index contributed by atoms with van der Waals surface area (Å²) in [7, 11) is 1.69. The maximum Gasteiger partial charge on any atom is 0.522 e. The van der Waals surface area contributed by atoms with Crippen molar-refractivity contribution in [1.29, 1.82) is 0 Å². The number of aliphatic carboxylic acids is 1. The number of hydrogen-bond donors (Lipinski definition) is 1. The lowest BCUT2D eigenvalue weighted by molar-refractivity contribution is -0.345. The summed E-state index contributed by atoms with van der Waals surface area (Å²) in [6, 6.07) is 7.79. The Morgan fingerprint density at radius 3 is 2.33 bits per heavy atom. The van der Waals surface area contributed by atoms with Crippen LogP contribution >= 0.6 is 0 Å². The smallest absolute Gasteiger partial charge is 0.480 e. The zero-order chi connectivity index (χ0) is 32.7. The number of alkyl halides is 5. The summed E-state index contributed by atoms with van der Waals surface area (Å²) in [4.78, 5) is 16.8. The highest BCUT2D eigenvalue weighted by Crippen LogP contribution is 2.41. The van der Waals surface area contributed by atoms with Gasteiger partial charge in [0, 0.05) is 5.56 Å². The highest BCUT2D eigenvalue weighted by molar-refractivity contribution is 5.76. The van der Waals surface area contributed by atoms with E-state index < -0.39 is 42.6 Å². The predicted molar refractivity (Wildman–Crippen MR) is 160 cm³/mol. The van der Waals surface area contributed by atoms with E-state index in [4.69, 9.17) is 0 Å². The number of rotatable bonds is 13. The first-order valence-corrected chi connectivity index (χ1v) is 15.9. The molecule has 2 aromatic carbocycles. The maximum atomic E-state index is 15.1. The topological polar surface area (TPSA) is 53.0 Å². The molecule has 0 bridgehead atoms. The van der Waals surface area contributed by atoms with E-state index in [-0.39, 0.29) is 36.4 Å². The van der Waals surface area contributed by atoms with Gasteiger partial charge in [-0.05, 0) is 138 Å². The van der Waals surface area contributed by atoms with Gasteiger partial charge in [-0.1, -0.05) is 30.7 Å². The summed E-state index contributed by atoms with van der Waals surface area (Å²) in [5.74, 6) is -2.14. The molecule has 250 valence electrons. The van der Waals surface area contributed by atoms with Crippen LogP contribution in [0.3, 0.4) is 0 Å². The molecule has 1 aliphatic heterocycles. The van der Waals surface area contributed by atoms with Gasteiger partial charge >= 0.3 is 12.3 Å². The van der Waals surface area contributed by atoms with Crippen molar-refractivity contribution in [3.8, 4) is 0 Å². The molecule has 2 aliphatic rings. The van der Waals surface area contributed by atoms with Crippen molar-refractivity contribution in [2.45, 2.75) is 101 Å². The van der Waals surface area contributed by atoms with Crippen LogP contribution < -0.4 is 0 Å². The Balaban J connectivity index is 1.54. The molecule has 1 N–H and O–H groups in total. The van der Waals surface area contributed by atoms with Gasteiger partial charge in [0.25, 0.3) is 6.43 Å². The number of ether oxygens (including phenoxy) is 1. The summed E-state index contributed by atoms with van der Waals surface area (Å²) in [6.07, 6.45) is -2.81. The predicted octanol–water partition coefficient (Wildman–Crippen LogP) is 8.74. The first kappa shape index (κ1) is 35.2. The molecular weight excluding hydrogens is 598 g/mol. The molecule has 0 aromatic heterocycles. The van der Waals surface area contributed by atoms with E-state index in [1.165, 1.54) is 6.07 Å². The third kappa shape index (κ3) is 9.68. The van der Waals surface area contributed by atoms with Crippen LogP contribution in [0, 0.1) is 12.7 Å². The summed E-state index contributed by atoms with van der Waals surface area (Å²) in [6.45, 7) is 4.71. The van der Waals surface area contributed by atoms with Gasteiger partial charge in [0.05, 0.1) is 6.10 Å².